The highest BCUT2D eigenvalue weighted by atomic mass is 16.6. The zero-order chi connectivity index (χ0) is 24.9. The summed E-state index contributed by atoms with van der Waals surface area (Å²) in [4.78, 5) is 29.9. The largest absolute Gasteiger partial charge is 0.497 e. The second-order valence-electron chi connectivity index (χ2n) is 7.47. The number of nitro benzene ring substituents is 1. The fourth-order valence-electron chi connectivity index (χ4n) is 3.55. The summed E-state index contributed by atoms with van der Waals surface area (Å²) in [6.45, 7) is 0. The van der Waals surface area contributed by atoms with Gasteiger partial charge in [-0.25, -0.2) is 9.79 Å². The summed E-state index contributed by atoms with van der Waals surface area (Å²) in [5.41, 5.74) is 3.16. The number of nitrogens with zero attached hydrogens (tertiary/aromatic N) is 2. The number of aliphatic imine (C=N–C) groups is 1. The third-order valence-electron chi connectivity index (χ3n) is 5.32. The van der Waals surface area contributed by atoms with E-state index in [0.29, 0.717) is 39.2 Å². The van der Waals surface area contributed by atoms with Crippen molar-refractivity contribution in [2.75, 3.05) is 14.2 Å². The average Bonchev–Trinajstić information content (AvgIpc) is 3.21. The van der Waals surface area contributed by atoms with Gasteiger partial charge in [0.15, 0.2) is 5.88 Å². The lowest BCUT2D eigenvalue weighted by Gasteiger charge is -2.09. The second kappa shape index (κ2) is 9.92. The Morgan fingerprint density at radius 2 is 1.77 bits per heavy atom. The molecule has 9 heteroatoms. The number of benzene rings is 3. The minimum Gasteiger partial charge on any atom is -0.497 e. The summed E-state index contributed by atoms with van der Waals surface area (Å²) in [7, 11) is 2.87. The highest BCUT2D eigenvalue weighted by molar-refractivity contribution is 6.22. The van der Waals surface area contributed by atoms with Gasteiger partial charge in [0.05, 0.1) is 36.1 Å². The highest BCUT2D eigenvalue weighted by Gasteiger charge is 2.21. The van der Waals surface area contributed by atoms with Crippen molar-refractivity contribution in [3.8, 4) is 11.6 Å². The third kappa shape index (κ3) is 5.03. The van der Waals surface area contributed by atoms with Crippen molar-refractivity contribution in [2.45, 2.75) is 0 Å². The molecule has 0 saturated carbocycles. The summed E-state index contributed by atoms with van der Waals surface area (Å²) in [6, 6.07) is 18.5. The van der Waals surface area contributed by atoms with Gasteiger partial charge in [0.1, 0.15) is 5.75 Å². The lowest BCUT2D eigenvalue weighted by atomic mass is 9.99. The van der Waals surface area contributed by atoms with Crippen molar-refractivity contribution in [3.63, 3.8) is 0 Å². The molecule has 1 aromatic heterocycles. The van der Waals surface area contributed by atoms with Crippen LogP contribution in [-0.2, 0) is 9.53 Å². The number of fused-ring (bicyclic) bond motifs is 1. The first kappa shape index (κ1) is 23.2. The Kier molecular flexibility index (Phi) is 6.59. The van der Waals surface area contributed by atoms with Crippen LogP contribution in [0, 0.1) is 10.1 Å². The van der Waals surface area contributed by atoms with Crippen LogP contribution in [0.5, 0.6) is 11.6 Å². The van der Waals surface area contributed by atoms with Gasteiger partial charge in [-0.1, -0.05) is 24.3 Å². The number of nitrogens with one attached hydrogen (secondary N) is 1. The molecule has 4 aromatic rings. The molecule has 0 saturated heterocycles. The van der Waals surface area contributed by atoms with E-state index >= 15 is 0 Å². The normalized spacial score (nSPS) is 11.7. The Morgan fingerprint density at radius 1 is 1.06 bits per heavy atom. The molecule has 0 aliphatic rings. The molecule has 2 N–H and O–H groups in total. The fraction of sp³-hybridized carbons (Fsp3) is 0.0769. The van der Waals surface area contributed by atoms with Crippen molar-refractivity contribution >= 4 is 40.0 Å². The summed E-state index contributed by atoms with van der Waals surface area (Å²) in [6.07, 6.45) is 2.93. The molecule has 0 spiro atoms. The van der Waals surface area contributed by atoms with Gasteiger partial charge in [-0.05, 0) is 42.0 Å². The number of aromatic amines is 1. The summed E-state index contributed by atoms with van der Waals surface area (Å²) in [5, 5.41) is 22.6. The summed E-state index contributed by atoms with van der Waals surface area (Å²) in [5.74, 6) is 0.0291. The standard InChI is InChI=1S/C26H21N3O6/c1-34-20-11-8-18(9-12-20)27-25(17-6-3-16(4-7-17)5-14-23(30)35-2)24-21-15-19(29(32)33)10-13-22(21)28-26(24)31/h3-15,28,31H,1-2H3. The van der Waals surface area contributed by atoms with Crippen LogP contribution < -0.4 is 4.74 Å². The van der Waals surface area contributed by atoms with Gasteiger partial charge in [0.25, 0.3) is 5.69 Å². The molecule has 3 aromatic carbocycles. The Hall–Kier alpha value is -4.92. The van der Waals surface area contributed by atoms with Gasteiger partial charge in [0, 0.05) is 34.7 Å². The molecule has 0 atom stereocenters. The van der Waals surface area contributed by atoms with Crippen molar-refractivity contribution < 1.29 is 24.3 Å². The minimum absolute atomic E-state index is 0.107. The number of aromatic hydroxyl groups is 1. The second-order valence-corrected chi connectivity index (χ2v) is 7.47. The Bertz CT molecular complexity index is 1450. The average molecular weight is 471 g/mol. The molecular formula is C26H21N3O6. The molecule has 0 aliphatic carbocycles. The van der Waals surface area contributed by atoms with Crippen LogP contribution in [0.25, 0.3) is 17.0 Å². The van der Waals surface area contributed by atoms with E-state index in [0.717, 1.165) is 5.56 Å². The lowest BCUT2D eigenvalue weighted by molar-refractivity contribution is -0.384. The molecule has 0 fully saturated rings. The Balaban J connectivity index is 1.87. The van der Waals surface area contributed by atoms with Crippen LogP contribution in [0.4, 0.5) is 11.4 Å². The molecule has 0 aliphatic heterocycles. The molecular weight excluding hydrogens is 450 g/mol. The smallest absolute Gasteiger partial charge is 0.330 e. The van der Waals surface area contributed by atoms with Crippen LogP contribution in [0.15, 0.2) is 77.8 Å². The van der Waals surface area contributed by atoms with Gasteiger partial charge >= 0.3 is 5.97 Å². The maximum atomic E-state index is 11.4. The SMILES string of the molecule is COC(=O)C=Cc1ccc(C(=Nc2ccc(OC)cc2)c2c(O)[nH]c3ccc([N+](=O)[O-])cc23)cc1. The van der Waals surface area contributed by atoms with Crippen LogP contribution in [0.3, 0.4) is 0 Å². The quantitative estimate of drug-likeness (QED) is 0.126. The number of carbonyl (C=O) groups excluding carboxylic acids is 1. The fourth-order valence-corrected chi connectivity index (χ4v) is 3.55. The van der Waals surface area contributed by atoms with E-state index in [1.807, 2.05) is 0 Å². The van der Waals surface area contributed by atoms with E-state index in [-0.39, 0.29) is 11.6 Å². The number of carbonyl (C=O) groups is 1. The van der Waals surface area contributed by atoms with Crippen LogP contribution in [0.2, 0.25) is 0 Å². The number of ether oxygens (including phenoxy) is 2. The molecule has 0 amide bonds. The zero-order valence-corrected chi connectivity index (χ0v) is 18.9. The molecule has 4 rings (SSSR count). The molecule has 0 unspecified atom stereocenters. The molecule has 35 heavy (non-hydrogen) atoms. The predicted molar refractivity (Wildman–Crippen MR) is 132 cm³/mol. The van der Waals surface area contributed by atoms with Crippen molar-refractivity contribution in [1.29, 1.82) is 0 Å². The summed E-state index contributed by atoms with van der Waals surface area (Å²) < 4.78 is 9.82. The van der Waals surface area contributed by atoms with Crippen molar-refractivity contribution in [1.82, 2.24) is 4.98 Å². The highest BCUT2D eigenvalue weighted by Crippen LogP contribution is 2.34. The minimum atomic E-state index is -0.490. The number of H-pyrrole nitrogens is 1. The number of rotatable bonds is 7. The van der Waals surface area contributed by atoms with Crippen molar-refractivity contribution in [2.24, 2.45) is 4.99 Å². The molecule has 176 valence electrons. The molecule has 1 heterocycles. The maximum absolute atomic E-state index is 11.4. The third-order valence-corrected chi connectivity index (χ3v) is 5.32. The van der Waals surface area contributed by atoms with E-state index in [1.54, 1.807) is 67.8 Å². The topological polar surface area (TPSA) is 127 Å². The van der Waals surface area contributed by atoms with Gasteiger partial charge in [0.2, 0.25) is 0 Å². The molecule has 0 bridgehead atoms. The number of nitro groups is 1. The number of hydrogen-bond acceptors (Lipinski definition) is 7. The van der Waals surface area contributed by atoms with Gasteiger partial charge in [-0.15, -0.1) is 0 Å². The predicted octanol–water partition coefficient (Wildman–Crippen LogP) is 5.15. The number of non-ortho nitro benzene ring substituents is 1. The number of methoxy groups -OCH3 is 2. The first-order valence-electron chi connectivity index (χ1n) is 10.5. The van der Waals surface area contributed by atoms with Crippen LogP contribution in [-0.4, -0.2) is 40.9 Å². The summed E-state index contributed by atoms with van der Waals surface area (Å²) >= 11 is 0. The Morgan fingerprint density at radius 3 is 2.40 bits per heavy atom. The van der Waals surface area contributed by atoms with Crippen LogP contribution in [0.1, 0.15) is 16.7 Å². The van der Waals surface area contributed by atoms with Gasteiger partial charge < -0.3 is 19.6 Å². The van der Waals surface area contributed by atoms with E-state index in [4.69, 9.17) is 9.73 Å². The Labute approximate surface area is 200 Å². The lowest BCUT2D eigenvalue weighted by Crippen LogP contribution is -2.03. The van der Waals surface area contributed by atoms with E-state index in [2.05, 4.69) is 9.72 Å². The first-order chi connectivity index (χ1) is 16.9. The monoisotopic (exact) mass is 471 g/mol. The van der Waals surface area contributed by atoms with Crippen molar-refractivity contribution in [3.05, 3.63) is 99.6 Å². The molecule has 0 radical (unpaired) electrons. The van der Waals surface area contributed by atoms with Crippen LogP contribution >= 0.6 is 0 Å². The van der Waals surface area contributed by atoms with E-state index < -0.39 is 10.9 Å². The van der Waals surface area contributed by atoms with Gasteiger partial charge in [-0.3, -0.25) is 10.1 Å². The van der Waals surface area contributed by atoms with E-state index in [1.165, 1.54) is 25.3 Å². The maximum Gasteiger partial charge on any atom is 0.330 e. The first-order valence-corrected chi connectivity index (χ1v) is 10.5. The zero-order valence-electron chi connectivity index (χ0n) is 18.9. The van der Waals surface area contributed by atoms with Gasteiger partial charge in [-0.2, -0.15) is 0 Å². The van der Waals surface area contributed by atoms with E-state index in [9.17, 15) is 20.0 Å². The molecule has 9 nitrogen and oxygen atoms in total. The number of hydrogen-bond donors (Lipinski definition) is 2. The number of aromatic nitrogens is 1. The number of esters is 1.